The maximum absolute atomic E-state index is 12.1. The van der Waals surface area contributed by atoms with Crippen LogP contribution in [0.15, 0.2) is 59.5 Å². The summed E-state index contributed by atoms with van der Waals surface area (Å²) >= 11 is 3.74. The summed E-state index contributed by atoms with van der Waals surface area (Å²) < 4.78 is 35.9. The number of fused-ring (bicyclic) bond motifs is 1. The Bertz CT molecular complexity index is 1110. The number of halogens is 2. The third-order valence-electron chi connectivity index (χ3n) is 5.19. The molecule has 1 aliphatic rings. The zero-order valence-electron chi connectivity index (χ0n) is 19.1. The fourth-order valence-electron chi connectivity index (χ4n) is 3.26. The first kappa shape index (κ1) is 26.3. The molecule has 1 aliphatic heterocycles. The van der Waals surface area contributed by atoms with Crippen molar-refractivity contribution in [3.05, 3.63) is 82.9 Å². The number of hydrogen-bond donors (Lipinski definition) is 4. The first-order valence-corrected chi connectivity index (χ1v) is 11.4. The van der Waals surface area contributed by atoms with Crippen LogP contribution in [0.2, 0.25) is 0 Å². The molecular weight excluding hydrogens is 476 g/mol. The lowest BCUT2D eigenvalue weighted by Crippen LogP contribution is -2.15. The van der Waals surface area contributed by atoms with Crippen molar-refractivity contribution in [2.75, 3.05) is 25.1 Å². The van der Waals surface area contributed by atoms with Crippen LogP contribution < -0.4 is 14.8 Å². The van der Waals surface area contributed by atoms with E-state index in [-0.39, 0.29) is 18.1 Å². The number of aliphatic hydroxyl groups is 1. The molecule has 0 aromatic heterocycles. The van der Waals surface area contributed by atoms with E-state index >= 15 is 0 Å². The number of aromatic carboxylic acids is 1. The van der Waals surface area contributed by atoms with Gasteiger partial charge in [-0.05, 0) is 47.4 Å². The number of carbonyl (C=O) groups is 1. The zero-order chi connectivity index (χ0) is 25.4. The number of aliphatic hydroxyl groups excluding tert-OH is 1. The van der Waals surface area contributed by atoms with Crippen molar-refractivity contribution < 1.29 is 33.3 Å². The molecule has 1 unspecified atom stereocenters. The van der Waals surface area contributed by atoms with Crippen LogP contribution in [-0.2, 0) is 13.0 Å². The third-order valence-corrected chi connectivity index (χ3v) is 5.45. The van der Waals surface area contributed by atoms with E-state index in [4.69, 9.17) is 14.6 Å². The first-order valence-electron chi connectivity index (χ1n) is 11.0. The maximum atomic E-state index is 12.1. The van der Waals surface area contributed by atoms with Gasteiger partial charge in [0, 0.05) is 36.6 Å². The molecule has 3 aromatic carbocycles. The van der Waals surface area contributed by atoms with Crippen LogP contribution >= 0.6 is 12.6 Å². The van der Waals surface area contributed by atoms with Gasteiger partial charge in [0.1, 0.15) is 29.7 Å². The van der Waals surface area contributed by atoms with Crippen LogP contribution in [0.4, 0.5) is 14.5 Å². The highest BCUT2D eigenvalue weighted by Crippen LogP contribution is 2.36. The predicted molar refractivity (Wildman–Crippen MR) is 132 cm³/mol. The second-order valence-electron chi connectivity index (χ2n) is 8.14. The Morgan fingerprint density at radius 3 is 2.43 bits per heavy atom. The van der Waals surface area contributed by atoms with Gasteiger partial charge in [0.25, 0.3) is 0 Å². The largest absolute Gasteiger partial charge is 0.493 e. The molecule has 35 heavy (non-hydrogen) atoms. The minimum Gasteiger partial charge on any atom is -0.493 e. The molecule has 6 nitrogen and oxygen atoms in total. The molecule has 0 saturated carbocycles. The molecule has 186 valence electrons. The van der Waals surface area contributed by atoms with Gasteiger partial charge in [-0.25, -0.2) is 13.6 Å². The topological polar surface area (TPSA) is 88.0 Å². The van der Waals surface area contributed by atoms with Crippen LogP contribution in [-0.4, -0.2) is 35.9 Å². The highest BCUT2D eigenvalue weighted by atomic mass is 32.1. The fourth-order valence-corrected chi connectivity index (χ4v) is 3.50. The van der Waals surface area contributed by atoms with Gasteiger partial charge in [-0.2, -0.15) is 0 Å². The number of hydrogen-bond acceptors (Lipinski definition) is 6. The Kier molecular flexibility index (Phi) is 9.33. The van der Waals surface area contributed by atoms with Gasteiger partial charge in [-0.15, -0.1) is 12.6 Å². The van der Waals surface area contributed by atoms with Gasteiger partial charge in [-0.3, -0.25) is 0 Å². The SMILES string of the molecule is CC(CO)CNc1cc2c(cc1OCc1ccc(C(=O)O)cc1)OCC2.Fc1cc(F)cc(S)c1. The minimum absolute atomic E-state index is 0.118. The number of anilines is 1. The van der Waals surface area contributed by atoms with Crippen LogP contribution in [0.5, 0.6) is 11.5 Å². The average Bonchev–Trinajstić information content (AvgIpc) is 3.28. The summed E-state index contributed by atoms with van der Waals surface area (Å²) in [7, 11) is 0. The number of benzene rings is 3. The summed E-state index contributed by atoms with van der Waals surface area (Å²) in [5.74, 6) is -0.492. The van der Waals surface area contributed by atoms with E-state index in [2.05, 4.69) is 17.9 Å². The van der Waals surface area contributed by atoms with Crippen molar-refractivity contribution in [1.29, 1.82) is 0 Å². The average molecular weight is 504 g/mol. The molecule has 3 aromatic rings. The number of carboxylic acid groups (broad SMARTS) is 1. The number of ether oxygens (including phenoxy) is 2. The van der Waals surface area contributed by atoms with Gasteiger partial charge in [0.05, 0.1) is 17.9 Å². The highest BCUT2D eigenvalue weighted by Gasteiger charge is 2.17. The van der Waals surface area contributed by atoms with Gasteiger partial charge in [-0.1, -0.05) is 19.1 Å². The van der Waals surface area contributed by atoms with Crippen LogP contribution in [0, 0.1) is 17.6 Å². The van der Waals surface area contributed by atoms with Crippen LogP contribution in [0.1, 0.15) is 28.4 Å². The molecule has 9 heteroatoms. The summed E-state index contributed by atoms with van der Waals surface area (Å²) in [6, 6.07) is 13.6. The Morgan fingerprint density at radius 2 is 1.83 bits per heavy atom. The molecular formula is C26H27F2NO5S. The van der Waals surface area contributed by atoms with Crippen LogP contribution in [0.25, 0.3) is 0 Å². The summed E-state index contributed by atoms with van der Waals surface area (Å²) in [4.78, 5) is 11.2. The van der Waals surface area contributed by atoms with E-state index in [9.17, 15) is 18.7 Å². The van der Waals surface area contributed by atoms with Crippen molar-refractivity contribution in [2.45, 2.75) is 24.8 Å². The highest BCUT2D eigenvalue weighted by molar-refractivity contribution is 7.80. The normalized spacial score (nSPS) is 12.6. The molecule has 0 saturated heterocycles. The number of carboxylic acids is 1. The van der Waals surface area contributed by atoms with Crippen LogP contribution in [0.3, 0.4) is 0 Å². The molecule has 0 amide bonds. The second kappa shape index (κ2) is 12.4. The molecule has 0 spiro atoms. The van der Waals surface area contributed by atoms with E-state index in [1.54, 1.807) is 24.3 Å². The molecule has 1 atom stereocenters. The van der Waals surface area contributed by atoms with Crippen molar-refractivity contribution >= 4 is 24.3 Å². The van der Waals surface area contributed by atoms with E-state index < -0.39 is 17.6 Å². The van der Waals surface area contributed by atoms with Gasteiger partial charge in [0.15, 0.2) is 0 Å². The Labute approximate surface area is 207 Å². The lowest BCUT2D eigenvalue weighted by Gasteiger charge is -2.17. The molecule has 1 heterocycles. The van der Waals surface area contributed by atoms with Gasteiger partial charge < -0.3 is 25.0 Å². The van der Waals surface area contributed by atoms with Crippen molar-refractivity contribution in [1.82, 2.24) is 0 Å². The van der Waals surface area contributed by atoms with E-state index in [0.717, 1.165) is 47.2 Å². The Morgan fingerprint density at radius 1 is 1.14 bits per heavy atom. The summed E-state index contributed by atoms with van der Waals surface area (Å²) in [6.45, 7) is 3.71. The standard InChI is InChI=1S/C20H23NO5.C6H4F2S/c1-13(11-22)10-21-17-8-16-6-7-25-18(16)9-19(17)26-12-14-2-4-15(5-3-14)20(23)24;7-4-1-5(8)3-6(9)2-4/h2-5,8-9,13,21-22H,6-7,10-12H2,1H3,(H,23,24);1-3,9H. The molecule has 0 aliphatic carbocycles. The molecule has 0 bridgehead atoms. The molecule has 4 rings (SSSR count). The van der Waals surface area contributed by atoms with E-state index in [1.807, 2.05) is 19.1 Å². The molecule has 0 radical (unpaired) electrons. The first-order chi connectivity index (χ1) is 16.7. The molecule has 3 N–H and O–H groups in total. The lowest BCUT2D eigenvalue weighted by atomic mass is 10.1. The zero-order valence-corrected chi connectivity index (χ0v) is 20.0. The summed E-state index contributed by atoms with van der Waals surface area (Å²) in [5.41, 5.74) is 3.14. The maximum Gasteiger partial charge on any atom is 0.335 e. The smallest absolute Gasteiger partial charge is 0.335 e. The van der Waals surface area contributed by atoms with Gasteiger partial charge in [0.2, 0.25) is 0 Å². The number of thiol groups is 1. The van der Waals surface area contributed by atoms with Crippen molar-refractivity contribution in [3.63, 3.8) is 0 Å². The quantitative estimate of drug-likeness (QED) is 0.317. The van der Waals surface area contributed by atoms with E-state index in [0.29, 0.717) is 30.4 Å². The Balaban J connectivity index is 0.000000320. The minimum atomic E-state index is -0.947. The van der Waals surface area contributed by atoms with E-state index in [1.165, 1.54) is 0 Å². The monoisotopic (exact) mass is 503 g/mol. The number of rotatable bonds is 8. The fraction of sp³-hybridized carbons (Fsp3) is 0.269. The van der Waals surface area contributed by atoms with Gasteiger partial charge >= 0.3 is 5.97 Å². The second-order valence-corrected chi connectivity index (χ2v) is 8.66. The third kappa shape index (κ3) is 7.87. The van der Waals surface area contributed by atoms with Crippen molar-refractivity contribution in [3.8, 4) is 11.5 Å². The van der Waals surface area contributed by atoms with Crippen molar-refractivity contribution in [2.24, 2.45) is 5.92 Å². The lowest BCUT2D eigenvalue weighted by molar-refractivity contribution is 0.0697. The Hall–Kier alpha value is -3.30. The summed E-state index contributed by atoms with van der Waals surface area (Å²) in [6.07, 6.45) is 0.872. The predicted octanol–water partition coefficient (Wildman–Crippen LogP) is 5.19. The summed E-state index contributed by atoms with van der Waals surface area (Å²) in [5, 5.41) is 21.5. The number of nitrogens with one attached hydrogen (secondary N) is 1. The molecule has 0 fully saturated rings.